The number of nitrogens with zero attached hydrogens (tertiary/aromatic N) is 2. The lowest BCUT2D eigenvalue weighted by Crippen LogP contribution is -2.63. The van der Waals surface area contributed by atoms with Crippen LogP contribution in [0.3, 0.4) is 0 Å². The largest absolute Gasteiger partial charge is 0.416 e. The molecule has 1 aliphatic heterocycles. The van der Waals surface area contributed by atoms with Crippen molar-refractivity contribution >= 4 is 11.8 Å². The average molecular weight is 521 g/mol. The molecule has 2 heterocycles. The van der Waals surface area contributed by atoms with Crippen LogP contribution in [0.1, 0.15) is 65.3 Å². The zero-order chi connectivity index (χ0) is 26.8. The number of amides is 2. The summed E-state index contributed by atoms with van der Waals surface area (Å²) in [5.74, 6) is -1.35. The lowest BCUT2D eigenvalue weighted by Gasteiger charge is -2.48. The first-order chi connectivity index (χ1) is 17.5. The highest BCUT2D eigenvalue weighted by molar-refractivity contribution is 5.98. The van der Waals surface area contributed by atoms with Crippen LogP contribution in [0.25, 0.3) is 0 Å². The summed E-state index contributed by atoms with van der Waals surface area (Å²) in [7, 11) is 0. The van der Waals surface area contributed by atoms with E-state index in [1.165, 1.54) is 5.56 Å². The van der Waals surface area contributed by atoms with Crippen LogP contribution >= 0.6 is 0 Å². The molecule has 0 radical (unpaired) electrons. The zero-order valence-corrected chi connectivity index (χ0v) is 21.0. The third-order valence-electron chi connectivity index (χ3n) is 7.69. The molecule has 2 aromatic rings. The van der Waals surface area contributed by atoms with Gasteiger partial charge in [-0.15, -0.1) is 0 Å². The minimum Gasteiger partial charge on any atom is -0.349 e. The molecule has 1 aliphatic carbocycles. The maximum Gasteiger partial charge on any atom is 0.416 e. The van der Waals surface area contributed by atoms with Crippen LogP contribution in [0, 0.1) is 6.92 Å². The van der Waals surface area contributed by atoms with E-state index in [1.54, 1.807) is 0 Å². The van der Waals surface area contributed by atoms with Gasteiger partial charge in [0.15, 0.2) is 0 Å². The van der Waals surface area contributed by atoms with Crippen molar-refractivity contribution in [2.24, 2.45) is 0 Å². The molecule has 1 saturated heterocycles. The number of benzene rings is 1. The molecule has 200 valence electrons. The van der Waals surface area contributed by atoms with Gasteiger partial charge in [-0.1, -0.05) is 19.1 Å². The van der Waals surface area contributed by atoms with Gasteiger partial charge in [-0.05, 0) is 67.3 Å². The van der Waals surface area contributed by atoms with Crippen LogP contribution in [0.5, 0.6) is 0 Å². The Labute approximate surface area is 213 Å². The highest BCUT2D eigenvalue weighted by atomic mass is 19.4. The number of hydrogen-bond acceptors (Lipinski definition) is 4. The van der Waals surface area contributed by atoms with Gasteiger partial charge in [-0.2, -0.15) is 13.2 Å². The van der Waals surface area contributed by atoms with Crippen molar-refractivity contribution in [2.45, 2.75) is 69.9 Å². The van der Waals surface area contributed by atoms with Crippen molar-refractivity contribution in [1.82, 2.24) is 20.5 Å². The monoisotopic (exact) mass is 520 g/mol. The molecular formula is C27H32F4N4O2. The molecule has 37 heavy (non-hydrogen) atoms. The number of hydrogen-bond donors (Lipinski definition) is 2. The van der Waals surface area contributed by atoms with E-state index in [-0.39, 0.29) is 17.0 Å². The third kappa shape index (κ3) is 6.29. The number of carbonyl (C=O) groups excluding carboxylic acids is 2. The topological polar surface area (TPSA) is 74.3 Å². The van der Waals surface area contributed by atoms with E-state index in [2.05, 4.69) is 39.6 Å². The SMILES string of the molecule is Cc1ccc([C@]2(C)CC[C@H](N3CC(NC(=O)CNC(=O)c4cc(C(F)(F)F)ccc4CF)C3)CC2)cn1. The van der Waals surface area contributed by atoms with Gasteiger partial charge in [0.25, 0.3) is 5.91 Å². The second kappa shape index (κ2) is 10.8. The molecule has 4 rings (SSSR count). The third-order valence-corrected chi connectivity index (χ3v) is 7.69. The lowest BCUT2D eigenvalue weighted by molar-refractivity contribution is -0.137. The first kappa shape index (κ1) is 27.0. The Morgan fingerprint density at radius 1 is 1.14 bits per heavy atom. The van der Waals surface area contributed by atoms with Crippen LogP contribution in [-0.2, 0) is 23.1 Å². The first-order valence-corrected chi connectivity index (χ1v) is 12.5. The van der Waals surface area contributed by atoms with Crippen LogP contribution < -0.4 is 10.6 Å². The van der Waals surface area contributed by atoms with Crippen LogP contribution in [0.2, 0.25) is 0 Å². The van der Waals surface area contributed by atoms with Gasteiger partial charge < -0.3 is 10.6 Å². The fraction of sp³-hybridized carbons (Fsp3) is 0.519. The Bertz CT molecular complexity index is 1120. The molecule has 0 unspecified atom stereocenters. The predicted molar refractivity (Wildman–Crippen MR) is 131 cm³/mol. The number of carbonyl (C=O) groups is 2. The lowest BCUT2D eigenvalue weighted by atomic mass is 9.69. The van der Waals surface area contributed by atoms with Crippen molar-refractivity contribution in [3.05, 3.63) is 64.5 Å². The summed E-state index contributed by atoms with van der Waals surface area (Å²) >= 11 is 0. The van der Waals surface area contributed by atoms with E-state index < -0.39 is 42.3 Å². The number of alkyl halides is 4. The molecule has 1 aromatic carbocycles. The molecule has 10 heteroatoms. The fourth-order valence-electron chi connectivity index (χ4n) is 5.24. The van der Waals surface area contributed by atoms with Crippen molar-refractivity contribution in [3.63, 3.8) is 0 Å². The van der Waals surface area contributed by atoms with Crippen molar-refractivity contribution in [2.75, 3.05) is 19.6 Å². The zero-order valence-electron chi connectivity index (χ0n) is 21.0. The van der Waals surface area contributed by atoms with Gasteiger partial charge in [0.1, 0.15) is 6.67 Å². The summed E-state index contributed by atoms with van der Waals surface area (Å²) < 4.78 is 52.1. The Morgan fingerprint density at radius 2 is 1.84 bits per heavy atom. The molecule has 0 spiro atoms. The quantitative estimate of drug-likeness (QED) is 0.534. The van der Waals surface area contributed by atoms with Gasteiger partial charge in [0, 0.05) is 36.6 Å². The second-order valence-electron chi connectivity index (χ2n) is 10.4. The summed E-state index contributed by atoms with van der Waals surface area (Å²) in [5, 5.41) is 5.15. The molecule has 1 saturated carbocycles. The number of nitrogens with one attached hydrogen (secondary N) is 2. The standard InChI is InChI=1S/C27H32F4N4O2/c1-17-3-5-20(13-32-17)26(2)9-7-22(8-10-26)35-15-21(16-35)34-24(36)14-33-25(37)23-11-19(27(29,30)31)6-4-18(23)12-28/h3-6,11,13,21-22H,7-10,12,14-16H2,1-2H3,(H,33,37)(H,34,36)/t22-,26+. The maximum atomic E-state index is 13.2. The van der Waals surface area contributed by atoms with E-state index in [1.807, 2.05) is 13.1 Å². The molecule has 2 aliphatic rings. The van der Waals surface area contributed by atoms with Gasteiger partial charge in [0.05, 0.1) is 18.2 Å². The molecule has 2 N–H and O–H groups in total. The average Bonchev–Trinajstić information content (AvgIpc) is 2.84. The highest BCUT2D eigenvalue weighted by Crippen LogP contribution is 2.41. The van der Waals surface area contributed by atoms with Crippen LogP contribution in [0.15, 0.2) is 36.5 Å². The van der Waals surface area contributed by atoms with E-state index in [9.17, 15) is 27.2 Å². The van der Waals surface area contributed by atoms with Crippen LogP contribution in [0.4, 0.5) is 17.6 Å². The molecular weight excluding hydrogens is 488 g/mol. The molecule has 0 bridgehead atoms. The van der Waals surface area contributed by atoms with Crippen LogP contribution in [-0.4, -0.2) is 53.4 Å². The smallest absolute Gasteiger partial charge is 0.349 e. The predicted octanol–water partition coefficient (Wildman–Crippen LogP) is 4.31. The first-order valence-electron chi connectivity index (χ1n) is 12.5. The Morgan fingerprint density at radius 3 is 2.43 bits per heavy atom. The second-order valence-corrected chi connectivity index (χ2v) is 10.4. The summed E-state index contributed by atoms with van der Waals surface area (Å²) in [5.41, 5.74) is 0.765. The van der Waals surface area contributed by atoms with Gasteiger partial charge in [-0.3, -0.25) is 19.5 Å². The molecule has 2 amide bonds. The Balaban J connectivity index is 1.21. The number of likely N-dealkylation sites (tertiary alicyclic amines) is 1. The number of aryl methyl sites for hydroxylation is 1. The van der Waals surface area contributed by atoms with Crippen molar-refractivity contribution in [1.29, 1.82) is 0 Å². The maximum absolute atomic E-state index is 13.2. The van der Waals surface area contributed by atoms with Crippen molar-refractivity contribution in [3.8, 4) is 0 Å². The minimum atomic E-state index is -4.66. The normalized spacial score (nSPS) is 22.8. The molecule has 0 atom stereocenters. The summed E-state index contributed by atoms with van der Waals surface area (Å²) in [4.78, 5) is 31.5. The highest BCUT2D eigenvalue weighted by Gasteiger charge is 2.39. The number of rotatable bonds is 7. The summed E-state index contributed by atoms with van der Waals surface area (Å²) in [6, 6.07) is 6.91. The minimum absolute atomic E-state index is 0.0472. The van der Waals surface area contributed by atoms with Gasteiger partial charge >= 0.3 is 6.18 Å². The molecule has 6 nitrogen and oxygen atoms in total. The van der Waals surface area contributed by atoms with E-state index in [4.69, 9.17) is 0 Å². The summed E-state index contributed by atoms with van der Waals surface area (Å²) in [6.07, 6.45) is 1.59. The van der Waals surface area contributed by atoms with Gasteiger partial charge in [0.2, 0.25) is 5.91 Å². The number of halogens is 4. The molecule has 1 aromatic heterocycles. The van der Waals surface area contributed by atoms with Gasteiger partial charge in [-0.25, -0.2) is 4.39 Å². The number of pyridine rings is 1. The van der Waals surface area contributed by atoms with E-state index in [0.717, 1.165) is 43.5 Å². The Kier molecular flexibility index (Phi) is 7.87. The molecule has 2 fully saturated rings. The fourth-order valence-corrected chi connectivity index (χ4v) is 5.24. The van der Waals surface area contributed by atoms with E-state index >= 15 is 0 Å². The number of aromatic nitrogens is 1. The Hall–Kier alpha value is -3.01. The summed E-state index contributed by atoms with van der Waals surface area (Å²) in [6.45, 7) is 4.21. The van der Waals surface area contributed by atoms with E-state index in [0.29, 0.717) is 25.2 Å². The van der Waals surface area contributed by atoms with Crippen molar-refractivity contribution < 1.29 is 27.2 Å².